The Balaban J connectivity index is 1.37. The summed E-state index contributed by atoms with van der Waals surface area (Å²) >= 11 is 0. The highest BCUT2D eigenvalue weighted by Crippen LogP contribution is 2.26. The van der Waals surface area contributed by atoms with Gasteiger partial charge in [-0.25, -0.2) is 9.37 Å². The van der Waals surface area contributed by atoms with Crippen LogP contribution in [0.25, 0.3) is 16.7 Å². The van der Waals surface area contributed by atoms with Gasteiger partial charge in [-0.2, -0.15) is 0 Å². The van der Waals surface area contributed by atoms with E-state index in [1.807, 2.05) is 56.3 Å². The SMILES string of the molecule is Cc1cccc(C)c1NC(=O)[C@@H]1CCCN(Cc2nc3ccccc3n2-c2ccc(F)cc2)C1. The summed E-state index contributed by atoms with van der Waals surface area (Å²) in [4.78, 5) is 20.3. The fourth-order valence-corrected chi connectivity index (χ4v) is 4.91. The lowest BCUT2D eigenvalue weighted by molar-refractivity contribution is -0.121. The Morgan fingerprint density at radius 2 is 1.76 bits per heavy atom. The number of halogens is 1. The number of fused-ring (bicyclic) bond motifs is 1. The number of carbonyl (C=O) groups is 1. The molecule has 0 saturated carbocycles. The molecule has 0 aliphatic carbocycles. The van der Waals surface area contributed by atoms with Gasteiger partial charge in [-0.15, -0.1) is 0 Å². The van der Waals surface area contributed by atoms with E-state index in [2.05, 4.69) is 14.8 Å². The minimum absolute atomic E-state index is 0.0728. The third kappa shape index (κ3) is 4.46. The van der Waals surface area contributed by atoms with Crippen LogP contribution in [0.3, 0.4) is 0 Å². The van der Waals surface area contributed by atoms with Gasteiger partial charge in [0.25, 0.3) is 0 Å². The van der Waals surface area contributed by atoms with E-state index in [1.54, 1.807) is 12.1 Å². The van der Waals surface area contributed by atoms with Crippen molar-refractivity contribution in [3.05, 3.63) is 89.5 Å². The van der Waals surface area contributed by atoms with Crippen LogP contribution in [0.4, 0.5) is 10.1 Å². The van der Waals surface area contributed by atoms with Gasteiger partial charge in [0.2, 0.25) is 5.91 Å². The molecule has 6 heteroatoms. The summed E-state index contributed by atoms with van der Waals surface area (Å²) < 4.78 is 15.7. The summed E-state index contributed by atoms with van der Waals surface area (Å²) in [6, 6.07) is 20.6. The fourth-order valence-electron chi connectivity index (χ4n) is 4.91. The maximum absolute atomic E-state index is 13.6. The zero-order valence-corrected chi connectivity index (χ0v) is 19.6. The van der Waals surface area contributed by atoms with Crippen LogP contribution in [0, 0.1) is 25.6 Å². The first-order valence-electron chi connectivity index (χ1n) is 11.8. The minimum atomic E-state index is -0.261. The lowest BCUT2D eigenvalue weighted by atomic mass is 9.96. The molecular formula is C28H29FN4O. The maximum atomic E-state index is 13.6. The molecule has 1 amide bonds. The molecule has 0 radical (unpaired) electrons. The van der Waals surface area contributed by atoms with E-state index in [0.29, 0.717) is 13.1 Å². The van der Waals surface area contributed by atoms with E-state index in [0.717, 1.165) is 58.7 Å². The summed E-state index contributed by atoms with van der Waals surface area (Å²) in [5, 5.41) is 3.17. The van der Waals surface area contributed by atoms with E-state index in [-0.39, 0.29) is 17.6 Å². The van der Waals surface area contributed by atoms with Crippen LogP contribution in [-0.4, -0.2) is 33.4 Å². The molecule has 1 saturated heterocycles. The van der Waals surface area contributed by atoms with Crippen molar-refractivity contribution in [3.63, 3.8) is 0 Å². The van der Waals surface area contributed by atoms with Crippen LogP contribution in [0.5, 0.6) is 0 Å². The van der Waals surface area contributed by atoms with Crippen molar-refractivity contribution in [2.24, 2.45) is 5.92 Å². The summed E-state index contributed by atoms with van der Waals surface area (Å²) in [6.45, 7) is 6.27. The number of amides is 1. The summed E-state index contributed by atoms with van der Waals surface area (Å²) in [5.74, 6) is 0.637. The van der Waals surface area contributed by atoms with Gasteiger partial charge in [-0.1, -0.05) is 30.3 Å². The van der Waals surface area contributed by atoms with Crippen molar-refractivity contribution in [1.82, 2.24) is 14.5 Å². The van der Waals surface area contributed by atoms with Crippen molar-refractivity contribution in [2.75, 3.05) is 18.4 Å². The molecule has 5 rings (SSSR count). The Bertz CT molecular complexity index is 1310. The van der Waals surface area contributed by atoms with E-state index >= 15 is 0 Å². The number of aryl methyl sites for hydroxylation is 2. The average Bonchev–Trinajstić information content (AvgIpc) is 3.20. The molecule has 0 bridgehead atoms. The predicted molar refractivity (Wildman–Crippen MR) is 134 cm³/mol. The quantitative estimate of drug-likeness (QED) is 0.423. The molecule has 1 aliphatic heterocycles. The van der Waals surface area contributed by atoms with Crippen molar-refractivity contribution < 1.29 is 9.18 Å². The smallest absolute Gasteiger partial charge is 0.228 e. The third-order valence-corrected chi connectivity index (χ3v) is 6.69. The molecule has 174 valence electrons. The minimum Gasteiger partial charge on any atom is -0.325 e. The predicted octanol–water partition coefficient (Wildman–Crippen LogP) is 5.63. The van der Waals surface area contributed by atoms with Gasteiger partial charge < -0.3 is 5.32 Å². The molecule has 34 heavy (non-hydrogen) atoms. The highest BCUT2D eigenvalue weighted by molar-refractivity contribution is 5.94. The third-order valence-electron chi connectivity index (χ3n) is 6.69. The van der Waals surface area contributed by atoms with Gasteiger partial charge in [0, 0.05) is 17.9 Å². The second kappa shape index (κ2) is 9.39. The molecule has 1 aromatic heterocycles. The highest BCUT2D eigenvalue weighted by atomic mass is 19.1. The zero-order valence-electron chi connectivity index (χ0n) is 19.6. The highest BCUT2D eigenvalue weighted by Gasteiger charge is 2.27. The molecule has 2 heterocycles. The lowest BCUT2D eigenvalue weighted by Gasteiger charge is -2.32. The molecule has 1 N–H and O–H groups in total. The average molecular weight is 457 g/mol. The standard InChI is InChI=1S/C28H29FN4O/c1-19-7-5-8-20(2)27(19)31-28(34)21-9-6-16-32(17-21)18-26-30-24-10-3-4-11-25(24)33(26)23-14-12-22(29)13-15-23/h3-5,7-8,10-15,21H,6,9,16-18H2,1-2H3,(H,31,34)/t21-/m1/s1. The van der Waals surface area contributed by atoms with Crippen molar-refractivity contribution in [3.8, 4) is 5.69 Å². The van der Waals surface area contributed by atoms with Gasteiger partial charge in [0.15, 0.2) is 0 Å². The van der Waals surface area contributed by atoms with E-state index in [9.17, 15) is 9.18 Å². The van der Waals surface area contributed by atoms with Crippen molar-refractivity contribution >= 4 is 22.6 Å². The molecule has 4 aromatic rings. The molecule has 0 spiro atoms. The second-order valence-corrected chi connectivity index (χ2v) is 9.16. The number of nitrogens with one attached hydrogen (secondary N) is 1. The lowest BCUT2D eigenvalue weighted by Crippen LogP contribution is -2.40. The maximum Gasteiger partial charge on any atom is 0.228 e. The van der Waals surface area contributed by atoms with Gasteiger partial charge in [-0.3, -0.25) is 14.3 Å². The van der Waals surface area contributed by atoms with Crippen LogP contribution in [-0.2, 0) is 11.3 Å². The Kier molecular flexibility index (Phi) is 6.16. The van der Waals surface area contributed by atoms with E-state index in [1.165, 1.54) is 12.1 Å². The molecule has 1 aliphatic rings. The van der Waals surface area contributed by atoms with Gasteiger partial charge in [-0.05, 0) is 80.8 Å². The number of imidazole rings is 1. The number of anilines is 1. The van der Waals surface area contributed by atoms with Gasteiger partial charge in [0.05, 0.1) is 23.5 Å². The topological polar surface area (TPSA) is 50.2 Å². The fraction of sp³-hybridized carbons (Fsp3) is 0.286. The number of para-hydroxylation sites is 3. The van der Waals surface area contributed by atoms with E-state index < -0.39 is 0 Å². The Morgan fingerprint density at radius 3 is 2.53 bits per heavy atom. The summed E-state index contributed by atoms with van der Waals surface area (Å²) in [6.07, 6.45) is 1.84. The van der Waals surface area contributed by atoms with Crippen LogP contribution in [0.1, 0.15) is 29.8 Å². The number of hydrogen-bond donors (Lipinski definition) is 1. The van der Waals surface area contributed by atoms with Crippen LogP contribution in [0.2, 0.25) is 0 Å². The number of hydrogen-bond acceptors (Lipinski definition) is 3. The normalized spacial score (nSPS) is 16.6. The zero-order chi connectivity index (χ0) is 23.7. The Labute approximate surface area is 199 Å². The number of likely N-dealkylation sites (tertiary alicyclic amines) is 1. The monoisotopic (exact) mass is 456 g/mol. The second-order valence-electron chi connectivity index (χ2n) is 9.16. The first-order chi connectivity index (χ1) is 16.5. The number of nitrogens with zero attached hydrogens (tertiary/aromatic N) is 3. The molecule has 0 unspecified atom stereocenters. The molecular weight excluding hydrogens is 427 g/mol. The summed E-state index contributed by atoms with van der Waals surface area (Å²) in [7, 11) is 0. The van der Waals surface area contributed by atoms with E-state index in [4.69, 9.17) is 4.98 Å². The number of carbonyl (C=O) groups excluding carboxylic acids is 1. The number of piperidine rings is 1. The molecule has 5 nitrogen and oxygen atoms in total. The number of benzene rings is 3. The molecule has 1 fully saturated rings. The van der Waals surface area contributed by atoms with Crippen LogP contribution < -0.4 is 5.32 Å². The molecule has 1 atom stereocenters. The largest absolute Gasteiger partial charge is 0.325 e. The van der Waals surface area contributed by atoms with Crippen LogP contribution >= 0.6 is 0 Å². The van der Waals surface area contributed by atoms with Crippen molar-refractivity contribution in [2.45, 2.75) is 33.2 Å². The summed E-state index contributed by atoms with van der Waals surface area (Å²) in [5.41, 5.74) is 5.85. The first-order valence-corrected chi connectivity index (χ1v) is 11.8. The first kappa shape index (κ1) is 22.3. The van der Waals surface area contributed by atoms with Gasteiger partial charge >= 0.3 is 0 Å². The Morgan fingerprint density at radius 1 is 1.03 bits per heavy atom. The van der Waals surface area contributed by atoms with Crippen molar-refractivity contribution in [1.29, 1.82) is 0 Å². The molecule has 3 aromatic carbocycles. The van der Waals surface area contributed by atoms with Crippen LogP contribution in [0.15, 0.2) is 66.7 Å². The number of rotatable bonds is 5. The Hall–Kier alpha value is -3.51. The number of aromatic nitrogens is 2. The van der Waals surface area contributed by atoms with Gasteiger partial charge in [0.1, 0.15) is 11.6 Å².